The molecule has 0 aromatic heterocycles. The van der Waals surface area contributed by atoms with Gasteiger partial charge in [-0.05, 0) is 26.0 Å². The Kier molecular flexibility index (Phi) is 5.00. The molecule has 1 nitrogen and oxygen atoms in total. The van der Waals surface area contributed by atoms with Crippen LogP contribution in [0.25, 0.3) is 0 Å². The van der Waals surface area contributed by atoms with Gasteiger partial charge in [0, 0.05) is 4.90 Å². The van der Waals surface area contributed by atoms with Crippen molar-refractivity contribution in [2.45, 2.75) is 25.2 Å². The molecule has 78 valence electrons. The Morgan fingerprint density at radius 2 is 2.00 bits per heavy atom. The standard InChI is InChI=1S/C13H14OS/c1-3-4-5-12(14)10-15-13-8-6-11(2)7-9-13/h6-9H,5,10H2,1-2H3. The third kappa shape index (κ3) is 4.71. The number of aryl methyl sites for hydroxylation is 1. The van der Waals surface area contributed by atoms with E-state index in [1.807, 2.05) is 12.1 Å². The lowest BCUT2D eigenvalue weighted by molar-refractivity contribution is -0.115. The lowest BCUT2D eigenvalue weighted by atomic mass is 10.2. The molecule has 0 saturated carbocycles. The molecule has 0 heterocycles. The van der Waals surface area contributed by atoms with E-state index in [0.717, 1.165) is 4.90 Å². The summed E-state index contributed by atoms with van der Waals surface area (Å²) in [6.45, 7) is 3.80. The third-order valence-electron chi connectivity index (χ3n) is 1.88. The van der Waals surface area contributed by atoms with Gasteiger partial charge in [0.05, 0.1) is 12.2 Å². The number of hydrogen-bond acceptors (Lipinski definition) is 2. The van der Waals surface area contributed by atoms with E-state index in [9.17, 15) is 4.79 Å². The Labute approximate surface area is 95.3 Å². The number of ketones is 1. The van der Waals surface area contributed by atoms with Gasteiger partial charge in [-0.2, -0.15) is 0 Å². The first-order valence-corrected chi connectivity index (χ1v) is 5.81. The summed E-state index contributed by atoms with van der Waals surface area (Å²) in [5.41, 5.74) is 1.24. The lowest BCUT2D eigenvalue weighted by Gasteiger charge is -1.99. The fourth-order valence-electron chi connectivity index (χ4n) is 1.04. The molecule has 0 fully saturated rings. The third-order valence-corrected chi connectivity index (χ3v) is 2.95. The average molecular weight is 218 g/mol. The van der Waals surface area contributed by atoms with Crippen LogP contribution in [0.4, 0.5) is 0 Å². The Bertz CT molecular complexity index is 381. The monoisotopic (exact) mass is 218 g/mol. The van der Waals surface area contributed by atoms with Crippen LogP contribution in [-0.4, -0.2) is 11.5 Å². The van der Waals surface area contributed by atoms with E-state index in [1.54, 1.807) is 18.7 Å². The first-order valence-electron chi connectivity index (χ1n) is 4.83. The van der Waals surface area contributed by atoms with E-state index in [2.05, 4.69) is 30.9 Å². The maximum Gasteiger partial charge on any atom is 0.154 e. The maximum atomic E-state index is 11.3. The maximum absolute atomic E-state index is 11.3. The van der Waals surface area contributed by atoms with E-state index in [4.69, 9.17) is 0 Å². The summed E-state index contributed by atoms with van der Waals surface area (Å²) in [4.78, 5) is 12.5. The molecule has 0 aliphatic rings. The highest BCUT2D eigenvalue weighted by Crippen LogP contribution is 2.18. The quantitative estimate of drug-likeness (QED) is 0.570. The van der Waals surface area contributed by atoms with Crippen LogP contribution < -0.4 is 0 Å². The van der Waals surface area contributed by atoms with Crippen molar-refractivity contribution in [1.29, 1.82) is 0 Å². The number of rotatable bonds is 4. The number of Topliss-reactive ketones (excluding diaryl/α,β-unsaturated/α-hetero) is 1. The molecule has 0 aliphatic heterocycles. The van der Waals surface area contributed by atoms with Crippen molar-refractivity contribution < 1.29 is 4.79 Å². The predicted molar refractivity (Wildman–Crippen MR) is 65.0 cm³/mol. The fourth-order valence-corrected chi connectivity index (χ4v) is 1.79. The van der Waals surface area contributed by atoms with Gasteiger partial charge in [-0.25, -0.2) is 0 Å². The normalized spacial score (nSPS) is 9.20. The van der Waals surface area contributed by atoms with E-state index < -0.39 is 0 Å². The first kappa shape index (κ1) is 11.9. The molecular weight excluding hydrogens is 204 g/mol. The molecule has 0 saturated heterocycles. The van der Waals surface area contributed by atoms with Gasteiger partial charge in [-0.15, -0.1) is 17.7 Å². The molecule has 0 unspecified atom stereocenters. The molecule has 0 aliphatic carbocycles. The second kappa shape index (κ2) is 6.31. The predicted octanol–water partition coefficient (Wildman–Crippen LogP) is 3.07. The van der Waals surface area contributed by atoms with Crippen LogP contribution in [0.5, 0.6) is 0 Å². The zero-order valence-electron chi connectivity index (χ0n) is 9.04. The minimum absolute atomic E-state index is 0.190. The van der Waals surface area contributed by atoms with Gasteiger partial charge in [0.15, 0.2) is 5.78 Å². The molecule has 1 rings (SSSR count). The van der Waals surface area contributed by atoms with Crippen molar-refractivity contribution in [1.82, 2.24) is 0 Å². The molecular formula is C13H14OS. The summed E-state index contributed by atoms with van der Waals surface area (Å²) in [6.07, 6.45) is 0.370. The number of benzene rings is 1. The molecule has 1 aromatic carbocycles. The van der Waals surface area contributed by atoms with E-state index in [1.165, 1.54) is 5.56 Å². The summed E-state index contributed by atoms with van der Waals surface area (Å²) in [6, 6.07) is 8.19. The van der Waals surface area contributed by atoms with Crippen molar-refractivity contribution in [2.75, 3.05) is 5.75 Å². The molecule has 2 heteroatoms. The molecule has 0 amide bonds. The zero-order valence-corrected chi connectivity index (χ0v) is 9.86. The summed E-state index contributed by atoms with van der Waals surface area (Å²) in [5.74, 6) is 6.21. The van der Waals surface area contributed by atoms with Gasteiger partial charge in [0.1, 0.15) is 0 Å². The lowest BCUT2D eigenvalue weighted by Crippen LogP contribution is -1.98. The number of carbonyl (C=O) groups is 1. The summed E-state index contributed by atoms with van der Waals surface area (Å²) < 4.78 is 0. The minimum Gasteiger partial charge on any atom is -0.298 e. The SMILES string of the molecule is CC#CCC(=O)CSc1ccc(C)cc1. The van der Waals surface area contributed by atoms with Crippen LogP contribution in [0.1, 0.15) is 18.9 Å². The summed E-state index contributed by atoms with van der Waals surface area (Å²) >= 11 is 1.57. The second-order valence-electron chi connectivity index (χ2n) is 3.24. The summed E-state index contributed by atoms with van der Waals surface area (Å²) in [5, 5.41) is 0. The van der Waals surface area contributed by atoms with Crippen molar-refractivity contribution in [3.8, 4) is 11.8 Å². The molecule has 0 radical (unpaired) electrons. The van der Waals surface area contributed by atoms with Crippen LogP contribution in [0.2, 0.25) is 0 Å². The van der Waals surface area contributed by atoms with Crippen molar-refractivity contribution in [2.24, 2.45) is 0 Å². The molecule has 1 aromatic rings. The van der Waals surface area contributed by atoms with Crippen LogP contribution in [0.15, 0.2) is 29.2 Å². The van der Waals surface area contributed by atoms with Crippen LogP contribution >= 0.6 is 11.8 Å². The molecule has 0 bridgehead atoms. The van der Waals surface area contributed by atoms with Crippen molar-refractivity contribution in [3.63, 3.8) is 0 Å². The van der Waals surface area contributed by atoms with Gasteiger partial charge < -0.3 is 0 Å². The number of hydrogen-bond donors (Lipinski definition) is 0. The highest BCUT2D eigenvalue weighted by molar-refractivity contribution is 8.00. The van der Waals surface area contributed by atoms with Gasteiger partial charge in [-0.3, -0.25) is 4.79 Å². The van der Waals surface area contributed by atoms with Crippen LogP contribution in [-0.2, 0) is 4.79 Å². The summed E-state index contributed by atoms with van der Waals surface area (Å²) in [7, 11) is 0. The highest BCUT2D eigenvalue weighted by atomic mass is 32.2. The first-order chi connectivity index (χ1) is 7.22. The fraction of sp³-hybridized carbons (Fsp3) is 0.308. The molecule has 15 heavy (non-hydrogen) atoms. The van der Waals surface area contributed by atoms with Crippen molar-refractivity contribution in [3.05, 3.63) is 29.8 Å². The van der Waals surface area contributed by atoms with Crippen LogP contribution in [0.3, 0.4) is 0 Å². The van der Waals surface area contributed by atoms with Gasteiger partial charge in [-0.1, -0.05) is 23.6 Å². The van der Waals surface area contributed by atoms with E-state index in [0.29, 0.717) is 12.2 Å². The number of thioether (sulfide) groups is 1. The van der Waals surface area contributed by atoms with E-state index >= 15 is 0 Å². The molecule has 0 spiro atoms. The van der Waals surface area contributed by atoms with Crippen molar-refractivity contribution >= 4 is 17.5 Å². The Hall–Kier alpha value is -1.20. The topological polar surface area (TPSA) is 17.1 Å². The zero-order chi connectivity index (χ0) is 11.1. The molecule has 0 atom stereocenters. The van der Waals surface area contributed by atoms with Gasteiger partial charge >= 0.3 is 0 Å². The average Bonchev–Trinajstić information content (AvgIpc) is 2.25. The highest BCUT2D eigenvalue weighted by Gasteiger charge is 2.00. The largest absolute Gasteiger partial charge is 0.298 e. The van der Waals surface area contributed by atoms with Crippen LogP contribution in [0, 0.1) is 18.8 Å². The second-order valence-corrected chi connectivity index (χ2v) is 4.29. The van der Waals surface area contributed by atoms with E-state index in [-0.39, 0.29) is 5.78 Å². The Balaban J connectivity index is 2.39. The van der Waals surface area contributed by atoms with Gasteiger partial charge in [0.25, 0.3) is 0 Å². The minimum atomic E-state index is 0.190. The number of carbonyl (C=O) groups excluding carboxylic acids is 1. The Morgan fingerprint density at radius 3 is 2.60 bits per heavy atom. The van der Waals surface area contributed by atoms with Gasteiger partial charge in [0.2, 0.25) is 0 Å². The molecule has 0 N–H and O–H groups in total. The smallest absolute Gasteiger partial charge is 0.154 e. The Morgan fingerprint density at radius 1 is 1.33 bits per heavy atom.